The summed E-state index contributed by atoms with van der Waals surface area (Å²) in [5.74, 6) is -1.63. The number of aliphatic hydroxyl groups is 6. The van der Waals surface area contributed by atoms with Crippen molar-refractivity contribution in [2.45, 2.75) is 24.8 Å². The minimum absolute atomic E-state index is 0.138. The monoisotopic (exact) mass is 646 g/mol. The van der Waals surface area contributed by atoms with Crippen molar-refractivity contribution in [1.82, 2.24) is 0 Å². The summed E-state index contributed by atoms with van der Waals surface area (Å²) in [7, 11) is 0. The van der Waals surface area contributed by atoms with Gasteiger partial charge >= 0.3 is 24.4 Å². The molecule has 3 aromatic rings. The molecule has 0 aliphatic rings. The summed E-state index contributed by atoms with van der Waals surface area (Å²) >= 11 is 0. The van der Waals surface area contributed by atoms with Gasteiger partial charge in [-0.1, -0.05) is 0 Å². The van der Waals surface area contributed by atoms with Crippen molar-refractivity contribution < 1.29 is 73.4 Å². The van der Waals surface area contributed by atoms with Gasteiger partial charge in [-0.3, -0.25) is 0 Å². The molecule has 3 aromatic carbocycles. The van der Waals surface area contributed by atoms with E-state index in [0.717, 1.165) is 0 Å². The molecule has 0 fully saturated rings. The third-order valence-electron chi connectivity index (χ3n) is 5.82. The molecule has 0 spiro atoms. The van der Waals surface area contributed by atoms with E-state index in [0.29, 0.717) is 0 Å². The Bertz CT molecular complexity index is 1210. The normalized spacial score (nSPS) is 13.4. The Kier molecular flexibility index (Phi) is 14.2. The average molecular weight is 647 g/mol. The van der Waals surface area contributed by atoms with Gasteiger partial charge in [0, 0.05) is 0 Å². The van der Waals surface area contributed by atoms with Crippen molar-refractivity contribution in [3.8, 4) is 17.2 Å². The minimum atomic E-state index is -1.45. The Balaban J connectivity index is 1.72. The van der Waals surface area contributed by atoms with Crippen molar-refractivity contribution in [3.05, 3.63) is 89.5 Å². The summed E-state index contributed by atoms with van der Waals surface area (Å²) in [4.78, 5) is 36.6. The quantitative estimate of drug-likeness (QED) is 0.0609. The average Bonchev–Trinajstić information content (AvgIpc) is 3.08. The van der Waals surface area contributed by atoms with Crippen LogP contribution in [0.1, 0.15) is 31.1 Å². The number of benzene rings is 3. The van der Waals surface area contributed by atoms with Crippen LogP contribution in [0.25, 0.3) is 0 Å². The first-order valence-corrected chi connectivity index (χ1v) is 13.8. The highest BCUT2D eigenvalue weighted by atomic mass is 16.8. The van der Waals surface area contributed by atoms with Crippen LogP contribution in [0.5, 0.6) is 17.2 Å². The topological polar surface area (TPSA) is 228 Å². The van der Waals surface area contributed by atoms with E-state index in [1.807, 2.05) is 0 Å². The number of hydrogen-bond acceptors (Lipinski definition) is 15. The van der Waals surface area contributed by atoms with Crippen LogP contribution in [-0.2, 0) is 14.2 Å². The van der Waals surface area contributed by atoms with E-state index in [9.17, 15) is 29.7 Å². The number of aliphatic hydroxyl groups excluding tert-OH is 6. The first kappa shape index (κ1) is 35.7. The molecule has 46 heavy (non-hydrogen) atoms. The molecule has 6 N–H and O–H groups in total. The number of carbonyl (C=O) groups is 3. The third kappa shape index (κ3) is 11.6. The maximum absolute atomic E-state index is 12.2. The highest BCUT2D eigenvalue weighted by molar-refractivity contribution is 5.90. The standard InChI is InChI=1S/C31H34O15/c32-13-22(35)16-41-28(38)19-1-7-25(8-2-19)44-31(45-26-9-3-20(4-10-26)29(39)42-17-23(36)14-33)46-27-11-5-21(6-12-27)30(40)43-18-24(37)15-34/h1-12,22-24,31-37H,13-18H2. The van der Waals surface area contributed by atoms with E-state index in [1.165, 1.54) is 72.8 Å². The van der Waals surface area contributed by atoms with Gasteiger partial charge in [0.1, 0.15) is 55.4 Å². The molecular formula is C31H34O15. The molecule has 0 aliphatic carbocycles. The largest absolute Gasteiger partial charge is 0.459 e. The van der Waals surface area contributed by atoms with Gasteiger partial charge < -0.3 is 59.1 Å². The molecule has 0 saturated heterocycles. The van der Waals surface area contributed by atoms with Gasteiger partial charge in [0.15, 0.2) is 0 Å². The predicted octanol–water partition coefficient (Wildman–Crippen LogP) is 0.0370. The van der Waals surface area contributed by atoms with Crippen molar-refractivity contribution in [1.29, 1.82) is 0 Å². The van der Waals surface area contributed by atoms with Crippen LogP contribution in [0.2, 0.25) is 0 Å². The van der Waals surface area contributed by atoms with E-state index in [-0.39, 0.29) is 53.8 Å². The van der Waals surface area contributed by atoms with Gasteiger partial charge in [-0.05, 0) is 72.8 Å². The van der Waals surface area contributed by atoms with Crippen LogP contribution >= 0.6 is 0 Å². The highest BCUT2D eigenvalue weighted by Crippen LogP contribution is 2.22. The van der Waals surface area contributed by atoms with E-state index in [1.54, 1.807) is 0 Å². The zero-order valence-corrected chi connectivity index (χ0v) is 24.3. The molecule has 3 rings (SSSR count). The van der Waals surface area contributed by atoms with Crippen LogP contribution in [0.3, 0.4) is 0 Å². The van der Waals surface area contributed by atoms with E-state index < -0.39 is 62.5 Å². The van der Waals surface area contributed by atoms with Crippen molar-refractivity contribution in [3.63, 3.8) is 0 Å². The van der Waals surface area contributed by atoms with Crippen LogP contribution in [-0.4, -0.2) is 113 Å². The summed E-state index contributed by atoms with van der Waals surface area (Å²) in [6.07, 6.45) is -3.63. The molecule has 15 heteroatoms. The SMILES string of the molecule is O=C(OCC(O)CO)c1ccc(OC(Oc2ccc(C(=O)OCC(O)CO)cc2)Oc2ccc(C(=O)OCC(O)CO)cc2)cc1. The predicted molar refractivity (Wildman–Crippen MR) is 155 cm³/mol. The van der Waals surface area contributed by atoms with Crippen LogP contribution < -0.4 is 14.2 Å². The lowest BCUT2D eigenvalue weighted by Crippen LogP contribution is -2.30. The van der Waals surface area contributed by atoms with Crippen molar-refractivity contribution >= 4 is 17.9 Å². The number of hydrogen-bond donors (Lipinski definition) is 6. The molecule has 3 atom stereocenters. The number of carbonyl (C=O) groups excluding carboxylic acids is 3. The molecule has 248 valence electrons. The van der Waals surface area contributed by atoms with Gasteiger partial charge in [0.25, 0.3) is 0 Å². The van der Waals surface area contributed by atoms with Crippen LogP contribution in [0.15, 0.2) is 72.8 Å². The lowest BCUT2D eigenvalue weighted by Gasteiger charge is -2.21. The van der Waals surface area contributed by atoms with Crippen molar-refractivity contribution in [2.75, 3.05) is 39.6 Å². The number of rotatable bonds is 18. The van der Waals surface area contributed by atoms with Gasteiger partial charge in [-0.15, -0.1) is 0 Å². The molecular weight excluding hydrogens is 612 g/mol. The Hall–Kier alpha value is -4.77. The van der Waals surface area contributed by atoms with Gasteiger partial charge in [-0.25, -0.2) is 14.4 Å². The summed E-state index contributed by atoms with van der Waals surface area (Å²) < 4.78 is 32.3. The second-order valence-corrected chi connectivity index (χ2v) is 9.52. The molecule has 0 heterocycles. The summed E-state index contributed by atoms with van der Waals surface area (Å²) in [5, 5.41) is 54.7. The summed E-state index contributed by atoms with van der Waals surface area (Å²) in [6, 6.07) is 16.9. The smallest absolute Gasteiger partial charge is 0.406 e. The first-order chi connectivity index (χ1) is 22.1. The van der Waals surface area contributed by atoms with Gasteiger partial charge in [0.05, 0.1) is 36.5 Å². The highest BCUT2D eigenvalue weighted by Gasteiger charge is 2.19. The first-order valence-electron chi connectivity index (χ1n) is 13.8. The molecule has 15 nitrogen and oxygen atoms in total. The number of esters is 3. The van der Waals surface area contributed by atoms with E-state index in [4.69, 9.17) is 43.7 Å². The molecule has 0 radical (unpaired) electrons. The van der Waals surface area contributed by atoms with E-state index in [2.05, 4.69) is 0 Å². The zero-order valence-electron chi connectivity index (χ0n) is 24.3. The summed E-state index contributed by atoms with van der Waals surface area (Å²) in [5.41, 5.74) is 0.413. The zero-order chi connectivity index (χ0) is 33.5. The maximum Gasteiger partial charge on any atom is 0.406 e. The third-order valence-corrected chi connectivity index (χ3v) is 5.82. The molecule has 3 unspecified atom stereocenters. The Morgan fingerprint density at radius 2 is 0.696 bits per heavy atom. The fourth-order valence-corrected chi connectivity index (χ4v) is 3.34. The van der Waals surface area contributed by atoms with Crippen molar-refractivity contribution in [2.24, 2.45) is 0 Å². The van der Waals surface area contributed by atoms with Crippen LogP contribution in [0, 0.1) is 0 Å². The second kappa shape index (κ2) is 18.3. The van der Waals surface area contributed by atoms with E-state index >= 15 is 0 Å². The molecule has 0 saturated carbocycles. The Morgan fingerprint density at radius 1 is 0.457 bits per heavy atom. The Labute approximate surface area is 262 Å². The summed E-state index contributed by atoms with van der Waals surface area (Å²) in [6.45, 7) is -4.31. The maximum atomic E-state index is 12.2. The molecule has 0 aromatic heterocycles. The number of ether oxygens (including phenoxy) is 6. The lowest BCUT2D eigenvalue weighted by atomic mass is 10.2. The fraction of sp³-hybridized carbons (Fsp3) is 0.323. The molecule has 0 aliphatic heterocycles. The minimum Gasteiger partial charge on any atom is -0.459 e. The second-order valence-electron chi connectivity index (χ2n) is 9.52. The van der Waals surface area contributed by atoms with Gasteiger partial charge in [0.2, 0.25) is 0 Å². The Morgan fingerprint density at radius 3 is 0.913 bits per heavy atom. The lowest BCUT2D eigenvalue weighted by molar-refractivity contribution is -0.140. The molecule has 0 amide bonds. The molecule has 0 bridgehead atoms. The fourth-order valence-electron chi connectivity index (χ4n) is 3.34. The van der Waals surface area contributed by atoms with Crippen LogP contribution in [0.4, 0.5) is 0 Å². The van der Waals surface area contributed by atoms with Gasteiger partial charge in [-0.2, -0.15) is 0 Å².